The summed E-state index contributed by atoms with van der Waals surface area (Å²) in [6.45, 7) is 2.94. The first-order valence-electron chi connectivity index (χ1n) is 6.07. The van der Waals surface area contributed by atoms with Crippen LogP contribution >= 0.6 is 0 Å². The van der Waals surface area contributed by atoms with Gasteiger partial charge in [0, 0.05) is 44.5 Å². The molecule has 1 aromatic heterocycles. The van der Waals surface area contributed by atoms with Crippen LogP contribution in [0.25, 0.3) is 0 Å². The second kappa shape index (κ2) is 5.27. The van der Waals surface area contributed by atoms with Crippen LogP contribution in [0.1, 0.15) is 31.4 Å². The van der Waals surface area contributed by atoms with E-state index in [4.69, 9.17) is 0 Å². The van der Waals surface area contributed by atoms with Crippen molar-refractivity contribution in [2.75, 3.05) is 13.6 Å². The minimum absolute atomic E-state index is 0.250. The minimum atomic E-state index is 0.250. The van der Waals surface area contributed by atoms with Crippen molar-refractivity contribution in [3.8, 4) is 0 Å². The van der Waals surface area contributed by atoms with Crippen molar-refractivity contribution in [2.45, 2.75) is 31.8 Å². The Morgan fingerprint density at radius 1 is 1.47 bits per heavy atom. The van der Waals surface area contributed by atoms with Gasteiger partial charge in [0.05, 0.1) is 0 Å². The Bertz CT molecular complexity index is 380. The average Bonchev–Trinajstić information content (AvgIpc) is 2.35. The summed E-state index contributed by atoms with van der Waals surface area (Å²) in [7, 11) is 1.87. The molecule has 4 nitrogen and oxygen atoms in total. The molecule has 0 aromatic carbocycles. The number of hydrogen-bond acceptors (Lipinski definition) is 3. The van der Waals surface area contributed by atoms with Gasteiger partial charge >= 0.3 is 0 Å². The third kappa shape index (κ3) is 3.03. The molecule has 1 aromatic rings. The van der Waals surface area contributed by atoms with Gasteiger partial charge in [0.2, 0.25) is 5.91 Å². The maximum atomic E-state index is 11.4. The molecule has 0 bridgehead atoms. The van der Waals surface area contributed by atoms with Gasteiger partial charge in [-0.05, 0) is 31.0 Å². The van der Waals surface area contributed by atoms with E-state index in [1.165, 1.54) is 5.56 Å². The predicted octanol–water partition coefficient (Wildman–Crippen LogP) is 1.35. The van der Waals surface area contributed by atoms with Gasteiger partial charge in [-0.3, -0.25) is 9.78 Å². The lowest BCUT2D eigenvalue weighted by Gasteiger charge is -2.32. The molecule has 92 valence electrons. The number of amides is 1. The van der Waals surface area contributed by atoms with Gasteiger partial charge < -0.3 is 10.2 Å². The Kier molecular flexibility index (Phi) is 3.74. The van der Waals surface area contributed by atoms with Crippen LogP contribution in [0.4, 0.5) is 0 Å². The number of nitrogens with zero attached hydrogens (tertiary/aromatic N) is 2. The first-order valence-corrected chi connectivity index (χ1v) is 6.07. The summed E-state index contributed by atoms with van der Waals surface area (Å²) < 4.78 is 0. The smallest absolute Gasteiger partial charge is 0.222 e. The summed E-state index contributed by atoms with van der Waals surface area (Å²) in [6, 6.07) is 4.73. The molecular formula is C13H19N3O. The maximum Gasteiger partial charge on any atom is 0.222 e. The highest BCUT2D eigenvalue weighted by molar-refractivity contribution is 5.76. The molecule has 0 radical (unpaired) electrons. The first-order chi connectivity index (χ1) is 8.16. The lowest BCUT2D eigenvalue weighted by Crippen LogP contribution is -2.47. The van der Waals surface area contributed by atoms with Crippen LogP contribution in [0.15, 0.2) is 24.5 Å². The van der Waals surface area contributed by atoms with Crippen LogP contribution in [-0.2, 0) is 4.79 Å². The minimum Gasteiger partial charge on any atom is -0.344 e. The normalized spacial score (nSPS) is 22.6. The monoisotopic (exact) mass is 233 g/mol. The highest BCUT2D eigenvalue weighted by Gasteiger charge is 2.23. The van der Waals surface area contributed by atoms with Gasteiger partial charge in [0.15, 0.2) is 0 Å². The Hall–Kier alpha value is -1.42. The number of pyridine rings is 1. The van der Waals surface area contributed by atoms with Crippen molar-refractivity contribution in [1.82, 2.24) is 15.2 Å². The lowest BCUT2D eigenvalue weighted by atomic mass is 10.0. The number of piperidine rings is 1. The standard InChI is InChI=1S/C13H19N3O/c1-10(11-5-7-14-8-6-11)15-12-3-4-13(17)16(2)9-12/h5-8,10,12,15H,3-4,9H2,1-2H3. The Morgan fingerprint density at radius 2 is 2.18 bits per heavy atom. The van der Waals surface area contributed by atoms with Crippen molar-refractivity contribution in [1.29, 1.82) is 0 Å². The second-order valence-electron chi connectivity index (χ2n) is 4.68. The maximum absolute atomic E-state index is 11.4. The van der Waals surface area contributed by atoms with Crippen LogP contribution in [0.5, 0.6) is 0 Å². The lowest BCUT2D eigenvalue weighted by molar-refractivity contribution is -0.132. The van der Waals surface area contributed by atoms with Crippen LogP contribution in [0, 0.1) is 0 Å². The highest BCUT2D eigenvalue weighted by Crippen LogP contribution is 2.16. The summed E-state index contributed by atoms with van der Waals surface area (Å²) >= 11 is 0. The third-order valence-electron chi connectivity index (χ3n) is 3.32. The molecule has 0 spiro atoms. The molecule has 2 unspecified atom stereocenters. The zero-order chi connectivity index (χ0) is 12.3. The van der Waals surface area contributed by atoms with E-state index in [9.17, 15) is 4.79 Å². The first kappa shape index (κ1) is 12.0. The van der Waals surface area contributed by atoms with Gasteiger partial charge in [0.1, 0.15) is 0 Å². The number of aromatic nitrogens is 1. The molecule has 1 fully saturated rings. The number of likely N-dealkylation sites (N-methyl/N-ethyl adjacent to an activating group) is 1. The molecule has 2 atom stereocenters. The second-order valence-corrected chi connectivity index (χ2v) is 4.68. The van der Waals surface area contributed by atoms with Crippen LogP contribution in [-0.4, -0.2) is 35.4 Å². The van der Waals surface area contributed by atoms with Crippen LogP contribution in [0.2, 0.25) is 0 Å². The Balaban J connectivity index is 1.91. The summed E-state index contributed by atoms with van der Waals surface area (Å²) in [4.78, 5) is 17.2. The van der Waals surface area contributed by atoms with E-state index in [-0.39, 0.29) is 5.91 Å². The molecule has 4 heteroatoms. The molecule has 1 aliphatic heterocycles. The molecule has 1 N–H and O–H groups in total. The number of rotatable bonds is 3. The average molecular weight is 233 g/mol. The van der Waals surface area contributed by atoms with Gasteiger partial charge in [-0.1, -0.05) is 0 Å². The van der Waals surface area contributed by atoms with E-state index in [2.05, 4.69) is 17.2 Å². The van der Waals surface area contributed by atoms with E-state index < -0.39 is 0 Å². The van der Waals surface area contributed by atoms with Crippen molar-refractivity contribution in [3.05, 3.63) is 30.1 Å². The molecule has 0 aliphatic carbocycles. The van der Waals surface area contributed by atoms with Crippen molar-refractivity contribution in [2.24, 2.45) is 0 Å². The zero-order valence-corrected chi connectivity index (χ0v) is 10.4. The van der Waals surface area contributed by atoms with Gasteiger partial charge in [0.25, 0.3) is 0 Å². The fraction of sp³-hybridized carbons (Fsp3) is 0.538. The number of carbonyl (C=O) groups is 1. The van der Waals surface area contributed by atoms with Crippen LogP contribution < -0.4 is 5.32 Å². The van der Waals surface area contributed by atoms with Gasteiger partial charge in [-0.2, -0.15) is 0 Å². The largest absolute Gasteiger partial charge is 0.344 e. The molecule has 1 aliphatic rings. The molecule has 1 saturated heterocycles. The van der Waals surface area contributed by atoms with E-state index in [0.717, 1.165) is 13.0 Å². The third-order valence-corrected chi connectivity index (χ3v) is 3.32. The molecule has 2 rings (SSSR count). The van der Waals surface area contributed by atoms with E-state index in [1.54, 1.807) is 4.90 Å². The summed E-state index contributed by atoms with van der Waals surface area (Å²) in [5.74, 6) is 0.250. The number of hydrogen-bond donors (Lipinski definition) is 1. The summed E-state index contributed by atoms with van der Waals surface area (Å²) in [6.07, 6.45) is 5.20. The highest BCUT2D eigenvalue weighted by atomic mass is 16.2. The molecule has 17 heavy (non-hydrogen) atoms. The van der Waals surface area contributed by atoms with Gasteiger partial charge in [-0.15, -0.1) is 0 Å². The fourth-order valence-electron chi connectivity index (χ4n) is 2.25. The number of carbonyl (C=O) groups excluding carboxylic acids is 1. The number of likely N-dealkylation sites (tertiary alicyclic amines) is 1. The van der Waals surface area contributed by atoms with E-state index in [0.29, 0.717) is 18.5 Å². The quantitative estimate of drug-likeness (QED) is 0.857. The topological polar surface area (TPSA) is 45.2 Å². The van der Waals surface area contributed by atoms with Crippen LogP contribution in [0.3, 0.4) is 0 Å². The Labute approximate surface area is 102 Å². The predicted molar refractivity (Wildman–Crippen MR) is 66.4 cm³/mol. The van der Waals surface area contributed by atoms with Crippen molar-refractivity contribution < 1.29 is 4.79 Å². The Morgan fingerprint density at radius 3 is 2.82 bits per heavy atom. The summed E-state index contributed by atoms with van der Waals surface area (Å²) in [5, 5.41) is 3.56. The van der Waals surface area contributed by atoms with Gasteiger partial charge in [-0.25, -0.2) is 0 Å². The number of nitrogens with one attached hydrogen (secondary N) is 1. The van der Waals surface area contributed by atoms with E-state index >= 15 is 0 Å². The SMILES string of the molecule is CC(NC1CCC(=O)N(C)C1)c1ccncc1. The molecular weight excluding hydrogens is 214 g/mol. The molecule has 2 heterocycles. The molecule has 1 amide bonds. The van der Waals surface area contributed by atoms with Crippen molar-refractivity contribution >= 4 is 5.91 Å². The van der Waals surface area contributed by atoms with E-state index in [1.807, 2.05) is 31.6 Å². The fourth-order valence-corrected chi connectivity index (χ4v) is 2.25. The zero-order valence-electron chi connectivity index (χ0n) is 10.4. The summed E-state index contributed by atoms with van der Waals surface area (Å²) in [5.41, 5.74) is 1.24. The molecule has 0 saturated carbocycles. The van der Waals surface area contributed by atoms with Crippen molar-refractivity contribution in [3.63, 3.8) is 0 Å².